The van der Waals surface area contributed by atoms with E-state index in [-0.39, 0.29) is 12.6 Å². The standard InChI is InChI=1S/C7H12N2O2/c1-11-5-2-7(9-3-5)6(8)4-10/h2-3,6,9-10H,4,8H2,1H3/t6-/m0/s1. The second kappa shape index (κ2) is 3.41. The van der Waals surface area contributed by atoms with Crippen LogP contribution >= 0.6 is 0 Å². The van der Waals surface area contributed by atoms with E-state index in [0.29, 0.717) is 0 Å². The maximum atomic E-state index is 8.68. The van der Waals surface area contributed by atoms with E-state index in [9.17, 15) is 0 Å². The van der Waals surface area contributed by atoms with Crippen molar-refractivity contribution in [1.82, 2.24) is 4.98 Å². The Morgan fingerprint density at radius 3 is 3.00 bits per heavy atom. The monoisotopic (exact) mass is 156 g/mol. The molecule has 0 amide bonds. The van der Waals surface area contributed by atoms with Gasteiger partial charge in [0.15, 0.2) is 0 Å². The summed E-state index contributed by atoms with van der Waals surface area (Å²) in [5.41, 5.74) is 6.31. The van der Waals surface area contributed by atoms with Crippen LogP contribution in [0, 0.1) is 0 Å². The number of nitrogens with two attached hydrogens (primary N) is 1. The Morgan fingerprint density at radius 2 is 2.55 bits per heavy atom. The molecule has 0 fully saturated rings. The lowest BCUT2D eigenvalue weighted by molar-refractivity contribution is 0.266. The Kier molecular flexibility index (Phi) is 2.51. The van der Waals surface area contributed by atoms with Crippen molar-refractivity contribution >= 4 is 0 Å². The summed E-state index contributed by atoms with van der Waals surface area (Å²) in [5.74, 6) is 0.726. The summed E-state index contributed by atoms with van der Waals surface area (Å²) in [4.78, 5) is 2.90. The lowest BCUT2D eigenvalue weighted by Crippen LogP contribution is -2.14. The van der Waals surface area contributed by atoms with E-state index in [0.717, 1.165) is 11.4 Å². The quantitative estimate of drug-likeness (QED) is 0.577. The molecule has 0 saturated heterocycles. The summed E-state index contributed by atoms with van der Waals surface area (Å²) in [5, 5.41) is 8.68. The molecule has 0 aliphatic heterocycles. The molecule has 4 N–H and O–H groups in total. The number of nitrogens with one attached hydrogen (secondary N) is 1. The fourth-order valence-electron chi connectivity index (χ4n) is 0.821. The third-order valence-electron chi connectivity index (χ3n) is 1.51. The van der Waals surface area contributed by atoms with Crippen LogP contribution in [0.4, 0.5) is 0 Å². The highest BCUT2D eigenvalue weighted by Crippen LogP contribution is 2.15. The van der Waals surface area contributed by atoms with E-state index in [1.807, 2.05) is 0 Å². The average Bonchev–Trinajstić information content (AvgIpc) is 2.50. The normalized spacial score (nSPS) is 13.0. The minimum Gasteiger partial charge on any atom is -0.495 e. The van der Waals surface area contributed by atoms with Gasteiger partial charge >= 0.3 is 0 Å². The number of ether oxygens (including phenoxy) is 1. The van der Waals surface area contributed by atoms with Gasteiger partial charge in [0, 0.05) is 18.0 Å². The molecule has 1 heterocycles. The van der Waals surface area contributed by atoms with Gasteiger partial charge in [-0.15, -0.1) is 0 Å². The van der Waals surface area contributed by atoms with Crippen LogP contribution < -0.4 is 10.5 Å². The van der Waals surface area contributed by atoms with Crippen molar-refractivity contribution in [3.8, 4) is 5.75 Å². The summed E-state index contributed by atoms with van der Waals surface area (Å²) < 4.78 is 4.92. The zero-order valence-electron chi connectivity index (χ0n) is 6.37. The largest absolute Gasteiger partial charge is 0.495 e. The lowest BCUT2D eigenvalue weighted by Gasteiger charge is -2.03. The number of rotatable bonds is 3. The highest BCUT2D eigenvalue weighted by Gasteiger charge is 2.06. The van der Waals surface area contributed by atoms with Crippen molar-refractivity contribution in [3.63, 3.8) is 0 Å². The van der Waals surface area contributed by atoms with Gasteiger partial charge in [0.2, 0.25) is 0 Å². The topological polar surface area (TPSA) is 71.3 Å². The molecule has 0 radical (unpaired) electrons. The summed E-state index contributed by atoms with van der Waals surface area (Å²) in [7, 11) is 1.58. The predicted octanol–water partition coefficient (Wildman–Crippen LogP) is 0.0154. The van der Waals surface area contributed by atoms with Crippen LogP contribution in [0.3, 0.4) is 0 Å². The van der Waals surface area contributed by atoms with Gasteiger partial charge in [0.25, 0.3) is 0 Å². The predicted molar refractivity (Wildman–Crippen MR) is 41.4 cm³/mol. The summed E-state index contributed by atoms with van der Waals surface area (Å²) in [6.07, 6.45) is 1.70. The molecule has 0 aliphatic rings. The number of hydrogen-bond donors (Lipinski definition) is 3. The van der Waals surface area contributed by atoms with E-state index in [1.54, 1.807) is 19.4 Å². The molecule has 1 aromatic heterocycles. The van der Waals surface area contributed by atoms with Gasteiger partial charge in [-0.05, 0) is 0 Å². The zero-order valence-corrected chi connectivity index (χ0v) is 6.37. The minimum absolute atomic E-state index is 0.0658. The molecule has 0 aromatic carbocycles. The van der Waals surface area contributed by atoms with Gasteiger partial charge in [0.1, 0.15) is 5.75 Å². The van der Waals surface area contributed by atoms with Crippen LogP contribution in [-0.4, -0.2) is 23.8 Å². The van der Waals surface area contributed by atoms with E-state index in [4.69, 9.17) is 15.6 Å². The Hall–Kier alpha value is -1.00. The van der Waals surface area contributed by atoms with Gasteiger partial charge in [-0.3, -0.25) is 0 Å². The fourth-order valence-corrected chi connectivity index (χ4v) is 0.821. The molecule has 0 bridgehead atoms. The number of hydrogen-bond acceptors (Lipinski definition) is 3. The van der Waals surface area contributed by atoms with Gasteiger partial charge < -0.3 is 20.6 Å². The van der Waals surface area contributed by atoms with E-state index in [1.165, 1.54) is 0 Å². The highest BCUT2D eigenvalue weighted by atomic mass is 16.5. The zero-order chi connectivity index (χ0) is 8.27. The van der Waals surface area contributed by atoms with Crippen LogP contribution in [0.2, 0.25) is 0 Å². The first-order valence-corrected chi connectivity index (χ1v) is 3.36. The molecule has 1 aromatic rings. The molecule has 0 aliphatic carbocycles. The molecule has 1 atom stereocenters. The molecule has 11 heavy (non-hydrogen) atoms. The molecule has 0 unspecified atom stereocenters. The molecule has 4 nitrogen and oxygen atoms in total. The molecule has 1 rings (SSSR count). The Labute approximate surface area is 65.0 Å². The van der Waals surface area contributed by atoms with Gasteiger partial charge in [0.05, 0.1) is 19.8 Å². The van der Waals surface area contributed by atoms with Crippen LogP contribution in [0.1, 0.15) is 11.7 Å². The maximum absolute atomic E-state index is 8.68. The second-order valence-corrected chi connectivity index (χ2v) is 2.28. The first-order valence-electron chi connectivity index (χ1n) is 3.36. The number of methoxy groups -OCH3 is 1. The van der Waals surface area contributed by atoms with Crippen molar-refractivity contribution < 1.29 is 9.84 Å². The summed E-state index contributed by atoms with van der Waals surface area (Å²) in [6.45, 7) is -0.0658. The number of aliphatic hydroxyl groups is 1. The van der Waals surface area contributed by atoms with Crippen LogP contribution in [0.5, 0.6) is 5.75 Å². The summed E-state index contributed by atoms with van der Waals surface area (Å²) >= 11 is 0. The Balaban J connectivity index is 2.71. The number of aromatic amines is 1. The number of H-pyrrole nitrogens is 1. The van der Waals surface area contributed by atoms with Crippen LogP contribution in [0.15, 0.2) is 12.3 Å². The molecular formula is C7H12N2O2. The summed E-state index contributed by atoms with van der Waals surface area (Å²) in [6, 6.07) is 1.42. The van der Waals surface area contributed by atoms with Gasteiger partial charge in [-0.1, -0.05) is 0 Å². The van der Waals surface area contributed by atoms with Gasteiger partial charge in [-0.25, -0.2) is 0 Å². The van der Waals surface area contributed by atoms with Crippen molar-refractivity contribution in [3.05, 3.63) is 18.0 Å². The van der Waals surface area contributed by atoms with Crippen molar-refractivity contribution in [2.75, 3.05) is 13.7 Å². The van der Waals surface area contributed by atoms with Crippen LogP contribution in [-0.2, 0) is 0 Å². The van der Waals surface area contributed by atoms with Crippen molar-refractivity contribution in [2.24, 2.45) is 5.73 Å². The molecule has 4 heteroatoms. The molecule has 0 saturated carbocycles. The molecule has 0 spiro atoms. The number of aromatic nitrogens is 1. The second-order valence-electron chi connectivity index (χ2n) is 2.28. The average molecular weight is 156 g/mol. The van der Waals surface area contributed by atoms with Crippen molar-refractivity contribution in [1.29, 1.82) is 0 Å². The van der Waals surface area contributed by atoms with Crippen LogP contribution in [0.25, 0.3) is 0 Å². The third kappa shape index (κ3) is 1.72. The minimum atomic E-state index is -0.348. The highest BCUT2D eigenvalue weighted by molar-refractivity contribution is 5.24. The van der Waals surface area contributed by atoms with E-state index in [2.05, 4.69) is 4.98 Å². The SMILES string of the molecule is COc1c[nH]c([C@@H](N)CO)c1. The third-order valence-corrected chi connectivity index (χ3v) is 1.51. The number of aliphatic hydroxyl groups excluding tert-OH is 1. The maximum Gasteiger partial charge on any atom is 0.136 e. The first-order chi connectivity index (χ1) is 5.27. The lowest BCUT2D eigenvalue weighted by atomic mass is 10.2. The molecular weight excluding hydrogens is 144 g/mol. The van der Waals surface area contributed by atoms with Crippen molar-refractivity contribution in [2.45, 2.75) is 6.04 Å². The smallest absolute Gasteiger partial charge is 0.136 e. The Morgan fingerprint density at radius 1 is 1.82 bits per heavy atom. The Bertz CT molecular complexity index is 222. The van der Waals surface area contributed by atoms with Gasteiger partial charge in [-0.2, -0.15) is 0 Å². The molecule has 62 valence electrons. The van der Waals surface area contributed by atoms with E-state index >= 15 is 0 Å². The van der Waals surface area contributed by atoms with E-state index < -0.39 is 0 Å². The first kappa shape index (κ1) is 8.10. The fraction of sp³-hybridized carbons (Fsp3) is 0.429.